The Balaban J connectivity index is 1.73. The number of rotatable bonds is 5. The molecular formula is C20H16N4OS. The van der Waals surface area contributed by atoms with E-state index >= 15 is 0 Å². The van der Waals surface area contributed by atoms with Gasteiger partial charge in [0.15, 0.2) is 0 Å². The number of H-pyrrole nitrogens is 1. The van der Waals surface area contributed by atoms with Crippen LogP contribution in [0.3, 0.4) is 0 Å². The van der Waals surface area contributed by atoms with E-state index in [0.717, 1.165) is 16.5 Å². The Bertz CT molecular complexity index is 1100. The van der Waals surface area contributed by atoms with Gasteiger partial charge < -0.3 is 10.4 Å². The van der Waals surface area contributed by atoms with Gasteiger partial charge in [-0.25, -0.2) is 4.98 Å². The fraction of sp³-hybridized carbons (Fsp3) is 0.0500. The smallest absolute Gasteiger partial charge is 0.258 e. The van der Waals surface area contributed by atoms with E-state index in [1.807, 2.05) is 66.0 Å². The maximum Gasteiger partial charge on any atom is 0.258 e. The van der Waals surface area contributed by atoms with Crippen molar-refractivity contribution in [2.45, 2.75) is 6.54 Å². The maximum atomic E-state index is 12.6. The molecule has 0 aliphatic carbocycles. The summed E-state index contributed by atoms with van der Waals surface area (Å²) < 4.78 is 0. The Morgan fingerprint density at radius 2 is 1.92 bits per heavy atom. The second-order valence-corrected chi connectivity index (χ2v) is 6.61. The number of thiazole rings is 1. The lowest BCUT2D eigenvalue weighted by Crippen LogP contribution is -2.21. The predicted molar refractivity (Wildman–Crippen MR) is 106 cm³/mol. The second-order valence-electron chi connectivity index (χ2n) is 5.72. The Labute approximate surface area is 154 Å². The molecule has 0 aliphatic rings. The van der Waals surface area contributed by atoms with Crippen molar-refractivity contribution in [1.82, 2.24) is 15.4 Å². The molecule has 0 aliphatic heterocycles. The number of nitrogens with zero attached hydrogens (tertiary/aromatic N) is 2. The molecule has 6 heteroatoms. The lowest BCUT2D eigenvalue weighted by molar-refractivity contribution is 0.744. The van der Waals surface area contributed by atoms with Gasteiger partial charge in [0.2, 0.25) is 0 Å². The van der Waals surface area contributed by atoms with Crippen LogP contribution < -0.4 is 11.0 Å². The van der Waals surface area contributed by atoms with E-state index in [1.165, 1.54) is 11.3 Å². The second kappa shape index (κ2) is 7.33. The topological polar surface area (TPSA) is 70.1 Å². The number of nitrogens with one attached hydrogen (secondary N) is 2. The first-order chi connectivity index (χ1) is 12.8. The van der Waals surface area contributed by atoms with Gasteiger partial charge in [-0.15, -0.1) is 11.3 Å². The molecule has 0 fully saturated rings. The molecule has 0 amide bonds. The average Bonchev–Trinajstić information content (AvgIpc) is 3.20. The van der Waals surface area contributed by atoms with Crippen molar-refractivity contribution in [3.8, 4) is 0 Å². The van der Waals surface area contributed by atoms with Gasteiger partial charge in [-0.2, -0.15) is 5.10 Å². The molecule has 4 aromatic rings. The monoisotopic (exact) mass is 360 g/mol. The molecule has 26 heavy (non-hydrogen) atoms. The maximum absolute atomic E-state index is 12.6. The molecule has 4 rings (SSSR count). The highest BCUT2D eigenvalue weighted by Crippen LogP contribution is 2.15. The highest BCUT2D eigenvalue weighted by atomic mass is 32.1. The first-order valence-electron chi connectivity index (χ1n) is 8.18. The molecule has 0 saturated carbocycles. The molecule has 2 N–H and O–H groups in total. The molecule has 0 spiro atoms. The minimum absolute atomic E-state index is 0.181. The number of hydrogen-bond acceptors (Lipinski definition) is 5. The van der Waals surface area contributed by atoms with E-state index in [0.29, 0.717) is 22.8 Å². The fourth-order valence-electron chi connectivity index (χ4n) is 2.69. The third-order valence-electron chi connectivity index (χ3n) is 3.96. The van der Waals surface area contributed by atoms with Gasteiger partial charge in [-0.3, -0.25) is 4.79 Å². The molecule has 2 aromatic heterocycles. The summed E-state index contributed by atoms with van der Waals surface area (Å²) in [6.45, 7) is 0.571. The van der Waals surface area contributed by atoms with Crippen LogP contribution in [-0.2, 0) is 6.54 Å². The summed E-state index contributed by atoms with van der Waals surface area (Å²) in [5, 5.41) is 8.02. The number of hydrazone groups is 1. The number of para-hydroxylation sites is 1. The van der Waals surface area contributed by atoms with Crippen LogP contribution in [0.5, 0.6) is 0 Å². The van der Waals surface area contributed by atoms with Crippen LogP contribution in [0, 0.1) is 0 Å². The van der Waals surface area contributed by atoms with Gasteiger partial charge in [-0.05, 0) is 23.1 Å². The van der Waals surface area contributed by atoms with Crippen LogP contribution in [0.2, 0.25) is 0 Å². The highest BCUT2D eigenvalue weighted by molar-refractivity contribution is 7.11. The fourth-order valence-corrected chi connectivity index (χ4v) is 3.33. The van der Waals surface area contributed by atoms with E-state index in [9.17, 15) is 4.79 Å². The van der Waals surface area contributed by atoms with Gasteiger partial charge in [0.05, 0.1) is 12.1 Å². The van der Waals surface area contributed by atoms with E-state index in [-0.39, 0.29) is 5.56 Å². The van der Waals surface area contributed by atoms with Gasteiger partial charge >= 0.3 is 0 Å². The van der Waals surface area contributed by atoms with Crippen molar-refractivity contribution in [2.24, 2.45) is 5.10 Å². The van der Waals surface area contributed by atoms with Crippen LogP contribution in [0.15, 0.2) is 82.1 Å². The number of benzene rings is 2. The first kappa shape index (κ1) is 16.2. The molecule has 2 aromatic carbocycles. The average molecular weight is 360 g/mol. The minimum atomic E-state index is -0.181. The van der Waals surface area contributed by atoms with Crippen molar-refractivity contribution in [2.75, 3.05) is 0 Å². The molecule has 0 saturated heterocycles. The zero-order chi connectivity index (χ0) is 17.8. The third kappa shape index (κ3) is 3.41. The normalized spacial score (nSPS) is 11.6. The molecule has 2 heterocycles. The van der Waals surface area contributed by atoms with Gasteiger partial charge in [0, 0.05) is 17.1 Å². The summed E-state index contributed by atoms with van der Waals surface area (Å²) in [6.07, 6.45) is 1.71. The first-order valence-corrected chi connectivity index (χ1v) is 9.06. The molecular weight excluding hydrogens is 344 g/mol. The minimum Gasteiger partial charge on any atom is -0.321 e. The van der Waals surface area contributed by atoms with Crippen molar-refractivity contribution in [1.29, 1.82) is 0 Å². The number of aromatic amines is 1. The number of fused-ring (bicyclic) bond motifs is 1. The summed E-state index contributed by atoms with van der Waals surface area (Å²) in [7, 11) is 0. The number of hydrogen-bond donors (Lipinski definition) is 2. The van der Waals surface area contributed by atoms with Crippen LogP contribution in [0.25, 0.3) is 10.9 Å². The summed E-state index contributed by atoms with van der Waals surface area (Å²) in [5.41, 5.74) is 5.84. The Morgan fingerprint density at radius 3 is 2.73 bits per heavy atom. The molecule has 0 unspecified atom stereocenters. The van der Waals surface area contributed by atoms with Crippen molar-refractivity contribution in [3.05, 3.63) is 98.7 Å². The van der Waals surface area contributed by atoms with E-state index in [1.54, 1.807) is 6.20 Å². The van der Waals surface area contributed by atoms with E-state index in [4.69, 9.17) is 0 Å². The van der Waals surface area contributed by atoms with Gasteiger partial charge in [-0.1, -0.05) is 48.5 Å². The van der Waals surface area contributed by atoms with E-state index in [2.05, 4.69) is 20.5 Å². The standard InChI is InChI=1S/C20H16N4OS/c25-19-16(12-15-8-4-5-9-17(15)23-19)18(20-21-10-11-26-20)24-22-13-14-6-2-1-3-7-14/h1-12,22H,13H2,(H,23,25). The van der Waals surface area contributed by atoms with Crippen molar-refractivity contribution < 1.29 is 0 Å². The lowest BCUT2D eigenvalue weighted by atomic mass is 10.1. The predicted octanol–water partition coefficient (Wildman–Crippen LogP) is 3.53. The zero-order valence-corrected chi connectivity index (χ0v) is 14.7. The SMILES string of the molecule is O=c1[nH]c2ccccc2cc1C(=NNCc1ccccc1)c1nccs1. The van der Waals surface area contributed by atoms with Crippen LogP contribution in [0.1, 0.15) is 16.1 Å². The summed E-state index contributed by atoms with van der Waals surface area (Å²) in [5.74, 6) is 0. The number of aromatic nitrogens is 2. The van der Waals surface area contributed by atoms with E-state index < -0.39 is 0 Å². The lowest BCUT2D eigenvalue weighted by Gasteiger charge is -2.07. The third-order valence-corrected chi connectivity index (χ3v) is 4.74. The van der Waals surface area contributed by atoms with Crippen molar-refractivity contribution in [3.63, 3.8) is 0 Å². The highest BCUT2D eigenvalue weighted by Gasteiger charge is 2.15. The molecule has 128 valence electrons. The van der Waals surface area contributed by atoms with Crippen LogP contribution >= 0.6 is 11.3 Å². The molecule has 5 nitrogen and oxygen atoms in total. The molecule has 0 bridgehead atoms. The van der Waals surface area contributed by atoms with Crippen molar-refractivity contribution >= 4 is 28.0 Å². The summed E-state index contributed by atoms with van der Waals surface area (Å²) >= 11 is 1.45. The quantitative estimate of drug-likeness (QED) is 0.422. The Kier molecular flexibility index (Phi) is 4.57. The Morgan fingerprint density at radius 1 is 1.12 bits per heavy atom. The summed E-state index contributed by atoms with van der Waals surface area (Å²) in [4.78, 5) is 19.9. The van der Waals surface area contributed by atoms with Gasteiger partial charge in [0.25, 0.3) is 5.56 Å². The zero-order valence-electron chi connectivity index (χ0n) is 13.8. The molecule has 0 radical (unpaired) electrons. The Hall–Kier alpha value is -3.25. The summed E-state index contributed by atoms with van der Waals surface area (Å²) in [6, 6.07) is 19.5. The molecule has 0 atom stereocenters. The largest absolute Gasteiger partial charge is 0.321 e. The van der Waals surface area contributed by atoms with Gasteiger partial charge in [0.1, 0.15) is 10.7 Å². The van der Waals surface area contributed by atoms with Crippen LogP contribution in [-0.4, -0.2) is 15.7 Å². The number of pyridine rings is 1. The van der Waals surface area contributed by atoms with Crippen LogP contribution in [0.4, 0.5) is 0 Å².